The molecule has 0 fully saturated rings. The average molecular weight is 217 g/mol. The lowest BCUT2D eigenvalue weighted by Gasteiger charge is -1.97. The van der Waals surface area contributed by atoms with E-state index in [4.69, 9.17) is 14.2 Å². The van der Waals surface area contributed by atoms with Crippen molar-refractivity contribution in [1.82, 2.24) is 0 Å². The first-order chi connectivity index (χ1) is 6.52. The van der Waals surface area contributed by atoms with Crippen LogP contribution in [-0.4, -0.2) is 14.4 Å². The number of para-hydroxylation sites is 1. The highest BCUT2D eigenvalue weighted by atomic mass is 32.2. The predicted octanol–water partition coefficient (Wildman–Crippen LogP) is -0.351. The van der Waals surface area contributed by atoms with Gasteiger partial charge in [-0.25, -0.2) is 18.4 Å². The minimum Gasteiger partial charge on any atom is -0.351 e. The smallest absolute Gasteiger partial charge is 0.316 e. The predicted molar refractivity (Wildman–Crippen MR) is 54.2 cm³/mol. The minimum atomic E-state index is -2.62. The van der Waals surface area contributed by atoms with Crippen molar-refractivity contribution in [3.8, 4) is 0 Å². The van der Waals surface area contributed by atoms with E-state index in [1.54, 1.807) is 12.1 Å². The molecule has 14 heavy (non-hydrogen) atoms. The highest BCUT2D eigenvalue weighted by Gasteiger charge is 1.90. The third-order valence-electron chi connectivity index (χ3n) is 1.04. The van der Waals surface area contributed by atoms with Crippen LogP contribution in [0, 0.1) is 0 Å². The molecular weight excluding hydrogens is 206 g/mol. The summed E-state index contributed by atoms with van der Waals surface area (Å²) >= 11 is 0. The Morgan fingerprint density at radius 1 is 1.21 bits per heavy atom. The SMILES string of the molecule is NC(=O)Nc1ccccc1.N[SH](=O)=O. The summed E-state index contributed by atoms with van der Waals surface area (Å²) in [5.41, 5.74) is 5.59. The van der Waals surface area contributed by atoms with Gasteiger partial charge in [-0.05, 0) is 12.1 Å². The van der Waals surface area contributed by atoms with Gasteiger partial charge in [-0.15, -0.1) is 0 Å². The van der Waals surface area contributed by atoms with Crippen LogP contribution in [0.3, 0.4) is 0 Å². The minimum absolute atomic E-state index is 0.536. The summed E-state index contributed by atoms with van der Waals surface area (Å²) in [6.45, 7) is 0. The number of thiol groups is 1. The largest absolute Gasteiger partial charge is 0.351 e. The van der Waals surface area contributed by atoms with Crippen LogP contribution in [0.25, 0.3) is 0 Å². The molecule has 0 aromatic heterocycles. The van der Waals surface area contributed by atoms with Gasteiger partial charge in [0, 0.05) is 5.69 Å². The normalized spacial score (nSPS) is 8.71. The molecule has 0 spiro atoms. The van der Waals surface area contributed by atoms with Crippen LogP contribution < -0.4 is 16.2 Å². The number of hydrogen-bond donors (Lipinski definition) is 4. The van der Waals surface area contributed by atoms with E-state index in [9.17, 15) is 4.79 Å². The second-order valence-electron chi connectivity index (χ2n) is 2.14. The number of rotatable bonds is 1. The van der Waals surface area contributed by atoms with Gasteiger partial charge in [0.05, 0.1) is 0 Å². The molecule has 1 aromatic rings. The van der Waals surface area contributed by atoms with Crippen molar-refractivity contribution in [3.63, 3.8) is 0 Å². The van der Waals surface area contributed by atoms with Crippen LogP contribution in [0.2, 0.25) is 0 Å². The zero-order valence-electron chi connectivity index (χ0n) is 7.21. The van der Waals surface area contributed by atoms with Gasteiger partial charge in [0.1, 0.15) is 0 Å². The molecule has 2 amide bonds. The molecule has 0 radical (unpaired) electrons. The number of carbonyl (C=O) groups is 1. The Labute approximate surface area is 83.0 Å². The molecule has 0 saturated carbocycles. The maximum absolute atomic E-state index is 10.3. The fraction of sp³-hybridized carbons (Fsp3) is 0. The third kappa shape index (κ3) is 8.50. The van der Waals surface area contributed by atoms with E-state index in [0.29, 0.717) is 0 Å². The Morgan fingerprint density at radius 2 is 1.64 bits per heavy atom. The first-order valence-electron chi connectivity index (χ1n) is 3.53. The lowest BCUT2D eigenvalue weighted by atomic mass is 10.3. The van der Waals surface area contributed by atoms with Crippen LogP contribution in [0.4, 0.5) is 10.5 Å². The van der Waals surface area contributed by atoms with Crippen molar-refractivity contribution in [3.05, 3.63) is 30.3 Å². The van der Waals surface area contributed by atoms with E-state index in [2.05, 4.69) is 10.5 Å². The fourth-order valence-corrected chi connectivity index (χ4v) is 0.664. The van der Waals surface area contributed by atoms with Crippen molar-refractivity contribution >= 4 is 22.6 Å². The van der Waals surface area contributed by atoms with Crippen molar-refractivity contribution in [1.29, 1.82) is 0 Å². The number of primary amides is 1. The Kier molecular flexibility index (Phi) is 6.08. The number of nitrogens with one attached hydrogen (secondary N) is 1. The molecule has 78 valence electrons. The number of benzene rings is 1. The van der Waals surface area contributed by atoms with E-state index in [1.165, 1.54) is 0 Å². The van der Waals surface area contributed by atoms with Gasteiger partial charge in [-0.1, -0.05) is 18.2 Å². The monoisotopic (exact) mass is 217 g/mol. The molecule has 0 unspecified atom stereocenters. The second-order valence-corrected chi connectivity index (χ2v) is 2.71. The van der Waals surface area contributed by atoms with Gasteiger partial charge in [0.25, 0.3) is 0 Å². The van der Waals surface area contributed by atoms with E-state index in [0.717, 1.165) is 5.69 Å². The van der Waals surface area contributed by atoms with Gasteiger partial charge in [0.15, 0.2) is 10.9 Å². The molecule has 5 N–H and O–H groups in total. The van der Waals surface area contributed by atoms with Crippen LogP contribution in [0.5, 0.6) is 0 Å². The summed E-state index contributed by atoms with van der Waals surface area (Å²) in [6, 6.07) is 8.52. The number of carbonyl (C=O) groups excluding carboxylic acids is 1. The first-order valence-corrected chi connectivity index (χ1v) is 4.77. The van der Waals surface area contributed by atoms with Gasteiger partial charge in [-0.2, -0.15) is 0 Å². The number of amides is 2. The third-order valence-corrected chi connectivity index (χ3v) is 1.04. The molecule has 1 aromatic carbocycles. The van der Waals surface area contributed by atoms with Crippen molar-refractivity contribution in [2.24, 2.45) is 10.9 Å². The lowest BCUT2D eigenvalue weighted by Crippen LogP contribution is -2.18. The highest BCUT2D eigenvalue weighted by Crippen LogP contribution is 2.03. The van der Waals surface area contributed by atoms with E-state index in [1.807, 2.05) is 18.2 Å². The Morgan fingerprint density at radius 3 is 2.00 bits per heavy atom. The van der Waals surface area contributed by atoms with Crippen LogP contribution in [0.15, 0.2) is 30.3 Å². The van der Waals surface area contributed by atoms with Gasteiger partial charge < -0.3 is 11.1 Å². The number of anilines is 1. The number of nitrogens with two attached hydrogens (primary N) is 2. The average Bonchev–Trinajstić information content (AvgIpc) is 2.03. The maximum Gasteiger partial charge on any atom is 0.316 e. The summed E-state index contributed by atoms with van der Waals surface area (Å²) in [4.78, 5) is 10.3. The second kappa shape index (κ2) is 6.87. The van der Waals surface area contributed by atoms with Crippen LogP contribution >= 0.6 is 0 Å². The van der Waals surface area contributed by atoms with E-state index >= 15 is 0 Å². The Bertz CT molecular complexity index is 342. The summed E-state index contributed by atoms with van der Waals surface area (Å²) in [6.07, 6.45) is 0. The Balaban J connectivity index is 0.000000364. The van der Waals surface area contributed by atoms with Gasteiger partial charge >= 0.3 is 6.03 Å². The lowest BCUT2D eigenvalue weighted by molar-refractivity contribution is 0.259. The zero-order valence-corrected chi connectivity index (χ0v) is 8.11. The van der Waals surface area contributed by atoms with Crippen molar-refractivity contribution < 1.29 is 13.2 Å². The van der Waals surface area contributed by atoms with Gasteiger partial charge in [-0.3, -0.25) is 0 Å². The summed E-state index contributed by atoms with van der Waals surface area (Å²) in [7, 11) is -2.62. The zero-order chi connectivity index (χ0) is 11.0. The molecule has 0 aliphatic carbocycles. The fourth-order valence-electron chi connectivity index (χ4n) is 0.664. The summed E-state index contributed by atoms with van der Waals surface area (Å²) in [5.74, 6) is 0. The van der Waals surface area contributed by atoms with E-state index < -0.39 is 16.9 Å². The highest BCUT2D eigenvalue weighted by molar-refractivity contribution is 7.69. The van der Waals surface area contributed by atoms with Crippen molar-refractivity contribution in [2.75, 3.05) is 5.32 Å². The molecule has 6 nitrogen and oxygen atoms in total. The molecule has 0 aliphatic rings. The topological polar surface area (TPSA) is 115 Å². The molecule has 0 bridgehead atoms. The van der Waals surface area contributed by atoms with Crippen LogP contribution in [-0.2, 0) is 10.9 Å². The summed E-state index contributed by atoms with van der Waals surface area (Å²) in [5, 5.41) is 6.51. The molecule has 0 aliphatic heterocycles. The number of hydrogen-bond acceptors (Lipinski definition) is 3. The molecule has 0 heterocycles. The van der Waals surface area contributed by atoms with Crippen LogP contribution in [0.1, 0.15) is 0 Å². The van der Waals surface area contributed by atoms with Crippen molar-refractivity contribution in [2.45, 2.75) is 0 Å². The standard InChI is InChI=1S/C7H8N2O.H3NO2S/c8-7(10)9-6-4-2-1-3-5-6;1-4(2)3/h1-5H,(H3,8,9,10);4H,(H2,1,2,3). The molecule has 1 rings (SSSR count). The molecule has 0 saturated heterocycles. The number of urea groups is 1. The Hall–Kier alpha value is -1.60. The molecule has 7 heteroatoms. The quantitative estimate of drug-likeness (QED) is 0.482. The first kappa shape index (κ1) is 12.4. The summed E-state index contributed by atoms with van der Waals surface area (Å²) < 4.78 is 17.6. The maximum atomic E-state index is 10.3. The molecular formula is C7H11N3O3S. The molecule has 0 atom stereocenters. The van der Waals surface area contributed by atoms with Gasteiger partial charge in [0.2, 0.25) is 0 Å². The van der Waals surface area contributed by atoms with E-state index in [-0.39, 0.29) is 0 Å².